The van der Waals surface area contributed by atoms with Crippen LogP contribution in [0.4, 0.5) is 11.4 Å². The Bertz CT molecular complexity index is 435. The van der Waals surface area contributed by atoms with E-state index in [1.54, 1.807) is 18.2 Å². The van der Waals surface area contributed by atoms with E-state index in [0.29, 0.717) is 29.0 Å². The second-order valence-electron chi connectivity index (χ2n) is 4.85. The lowest BCUT2D eigenvalue weighted by atomic mass is 10.2. The van der Waals surface area contributed by atoms with E-state index in [4.69, 9.17) is 17.3 Å². The van der Waals surface area contributed by atoms with Crippen LogP contribution < -0.4 is 11.1 Å². The number of halogens is 1. The Morgan fingerprint density at radius 3 is 2.74 bits per heavy atom. The maximum Gasteiger partial charge on any atom is 0.238 e. The number of amides is 1. The van der Waals surface area contributed by atoms with Crippen molar-refractivity contribution in [3.63, 3.8) is 0 Å². The molecule has 1 amide bonds. The average Bonchev–Trinajstić information content (AvgIpc) is 2.33. The van der Waals surface area contributed by atoms with Crippen LogP contribution in [-0.4, -0.2) is 29.9 Å². The summed E-state index contributed by atoms with van der Waals surface area (Å²) < 4.78 is 0. The molecule has 0 aliphatic carbocycles. The Hall–Kier alpha value is -1.26. The van der Waals surface area contributed by atoms with Gasteiger partial charge in [0, 0.05) is 11.7 Å². The molecule has 0 aliphatic rings. The van der Waals surface area contributed by atoms with Gasteiger partial charge in [0.05, 0.1) is 17.3 Å². The van der Waals surface area contributed by atoms with E-state index >= 15 is 0 Å². The first-order chi connectivity index (χ1) is 8.93. The van der Waals surface area contributed by atoms with Crippen molar-refractivity contribution in [2.45, 2.75) is 33.2 Å². The smallest absolute Gasteiger partial charge is 0.238 e. The van der Waals surface area contributed by atoms with Crippen LogP contribution in [0, 0.1) is 0 Å². The van der Waals surface area contributed by atoms with Crippen molar-refractivity contribution in [3.8, 4) is 0 Å². The summed E-state index contributed by atoms with van der Waals surface area (Å²) in [5, 5.41) is 3.30. The van der Waals surface area contributed by atoms with Crippen LogP contribution >= 0.6 is 11.6 Å². The number of nitrogens with two attached hydrogens (primary N) is 1. The average molecular weight is 284 g/mol. The molecule has 0 aromatic heterocycles. The number of hydrogen-bond acceptors (Lipinski definition) is 3. The van der Waals surface area contributed by atoms with E-state index in [1.165, 1.54) is 0 Å². The fourth-order valence-corrected chi connectivity index (χ4v) is 1.98. The molecular weight excluding hydrogens is 262 g/mol. The highest BCUT2D eigenvalue weighted by atomic mass is 35.5. The topological polar surface area (TPSA) is 58.4 Å². The van der Waals surface area contributed by atoms with E-state index in [2.05, 4.69) is 31.0 Å². The predicted molar refractivity (Wildman–Crippen MR) is 81.5 cm³/mol. The van der Waals surface area contributed by atoms with Crippen LogP contribution in [0.2, 0.25) is 5.02 Å². The zero-order chi connectivity index (χ0) is 14.4. The number of nitrogens with zero attached hydrogens (tertiary/aromatic N) is 1. The maximum atomic E-state index is 12.0. The molecule has 1 aromatic carbocycles. The molecular formula is C14H22ClN3O. The lowest BCUT2D eigenvalue weighted by Crippen LogP contribution is -2.38. The lowest BCUT2D eigenvalue weighted by Gasteiger charge is -2.25. The summed E-state index contributed by atoms with van der Waals surface area (Å²) in [5.74, 6) is -0.0744. The van der Waals surface area contributed by atoms with E-state index in [9.17, 15) is 4.79 Å². The standard InChI is InChI=1S/C14H22ClN3O/c1-4-7-18(10(2)3)9-14(19)17-13-8-11(16)5-6-12(13)15/h5-6,8,10H,4,7,9,16H2,1-3H3,(H,17,19). The van der Waals surface area contributed by atoms with Crippen LogP contribution in [0.5, 0.6) is 0 Å². The first-order valence-corrected chi connectivity index (χ1v) is 6.90. The number of carbonyl (C=O) groups excluding carboxylic acids is 1. The van der Waals surface area contributed by atoms with Crippen LogP contribution in [0.25, 0.3) is 0 Å². The van der Waals surface area contributed by atoms with Gasteiger partial charge in [0.25, 0.3) is 0 Å². The summed E-state index contributed by atoms with van der Waals surface area (Å²) in [6.07, 6.45) is 1.02. The van der Waals surface area contributed by atoms with Crippen molar-refractivity contribution in [2.24, 2.45) is 0 Å². The molecule has 0 radical (unpaired) electrons. The third-order valence-corrected chi connectivity index (χ3v) is 3.18. The fourth-order valence-electron chi connectivity index (χ4n) is 1.82. The molecule has 4 nitrogen and oxygen atoms in total. The fraction of sp³-hybridized carbons (Fsp3) is 0.500. The van der Waals surface area contributed by atoms with Crippen molar-refractivity contribution in [3.05, 3.63) is 23.2 Å². The van der Waals surface area contributed by atoms with Gasteiger partial charge in [-0.25, -0.2) is 0 Å². The number of hydrogen-bond donors (Lipinski definition) is 2. The molecule has 0 fully saturated rings. The SMILES string of the molecule is CCCN(CC(=O)Nc1cc(N)ccc1Cl)C(C)C. The Kier molecular flexibility index (Phi) is 6.12. The van der Waals surface area contributed by atoms with Gasteiger partial charge in [-0.05, 0) is 45.0 Å². The molecule has 1 aromatic rings. The zero-order valence-corrected chi connectivity index (χ0v) is 12.5. The molecule has 19 heavy (non-hydrogen) atoms. The number of benzene rings is 1. The maximum absolute atomic E-state index is 12.0. The largest absolute Gasteiger partial charge is 0.399 e. The van der Waals surface area contributed by atoms with Crippen LogP contribution in [-0.2, 0) is 4.79 Å². The second-order valence-corrected chi connectivity index (χ2v) is 5.26. The van der Waals surface area contributed by atoms with Crippen LogP contribution in [0.15, 0.2) is 18.2 Å². The molecule has 1 rings (SSSR count). The van der Waals surface area contributed by atoms with Gasteiger partial charge in [-0.2, -0.15) is 0 Å². The Morgan fingerprint density at radius 2 is 2.16 bits per heavy atom. The van der Waals surface area contributed by atoms with E-state index < -0.39 is 0 Å². The Balaban J connectivity index is 2.66. The van der Waals surface area contributed by atoms with Gasteiger partial charge in [0.1, 0.15) is 0 Å². The van der Waals surface area contributed by atoms with Gasteiger partial charge < -0.3 is 11.1 Å². The monoisotopic (exact) mass is 283 g/mol. The predicted octanol–water partition coefficient (Wildman–Crippen LogP) is 2.98. The van der Waals surface area contributed by atoms with E-state index in [0.717, 1.165) is 13.0 Å². The molecule has 0 bridgehead atoms. The second kappa shape index (κ2) is 7.36. The number of carbonyl (C=O) groups is 1. The van der Waals surface area contributed by atoms with Gasteiger partial charge >= 0.3 is 0 Å². The molecule has 0 saturated heterocycles. The van der Waals surface area contributed by atoms with Gasteiger partial charge in [0.15, 0.2) is 0 Å². The minimum atomic E-state index is -0.0744. The third kappa shape index (κ3) is 5.09. The van der Waals surface area contributed by atoms with E-state index in [-0.39, 0.29) is 5.91 Å². The van der Waals surface area contributed by atoms with Crippen LogP contribution in [0.3, 0.4) is 0 Å². The van der Waals surface area contributed by atoms with Crippen LogP contribution in [0.1, 0.15) is 27.2 Å². The molecule has 0 saturated carbocycles. The minimum Gasteiger partial charge on any atom is -0.399 e. The van der Waals surface area contributed by atoms with Gasteiger partial charge in [0.2, 0.25) is 5.91 Å². The summed E-state index contributed by atoms with van der Waals surface area (Å²) in [4.78, 5) is 14.1. The number of nitrogens with one attached hydrogen (secondary N) is 1. The summed E-state index contributed by atoms with van der Waals surface area (Å²) in [7, 11) is 0. The molecule has 0 heterocycles. The summed E-state index contributed by atoms with van der Waals surface area (Å²) in [6.45, 7) is 7.52. The number of nitrogen functional groups attached to an aromatic ring is 1. The summed E-state index contributed by atoms with van der Waals surface area (Å²) >= 11 is 6.02. The summed E-state index contributed by atoms with van der Waals surface area (Å²) in [5.41, 5.74) is 6.82. The highest BCUT2D eigenvalue weighted by Crippen LogP contribution is 2.23. The molecule has 0 aliphatic heterocycles. The highest BCUT2D eigenvalue weighted by Gasteiger charge is 2.14. The normalized spacial score (nSPS) is 11.1. The third-order valence-electron chi connectivity index (χ3n) is 2.85. The van der Waals surface area contributed by atoms with Gasteiger partial charge in [-0.1, -0.05) is 18.5 Å². The highest BCUT2D eigenvalue weighted by molar-refractivity contribution is 6.33. The van der Waals surface area contributed by atoms with Gasteiger partial charge in [-0.15, -0.1) is 0 Å². The molecule has 0 atom stereocenters. The molecule has 0 unspecified atom stereocenters. The first kappa shape index (κ1) is 15.8. The van der Waals surface area contributed by atoms with Crippen molar-refractivity contribution < 1.29 is 4.79 Å². The molecule has 3 N–H and O–H groups in total. The summed E-state index contributed by atoms with van der Waals surface area (Å²) in [6, 6.07) is 5.38. The first-order valence-electron chi connectivity index (χ1n) is 6.53. The number of anilines is 2. The van der Waals surface area contributed by atoms with Crippen molar-refractivity contribution in [1.82, 2.24) is 4.90 Å². The quantitative estimate of drug-likeness (QED) is 0.789. The van der Waals surface area contributed by atoms with Gasteiger partial charge in [-0.3, -0.25) is 9.69 Å². The van der Waals surface area contributed by atoms with E-state index in [1.807, 2.05) is 0 Å². The lowest BCUT2D eigenvalue weighted by molar-refractivity contribution is -0.117. The van der Waals surface area contributed by atoms with Crippen molar-refractivity contribution in [1.29, 1.82) is 0 Å². The zero-order valence-electron chi connectivity index (χ0n) is 11.7. The Labute approximate surface area is 119 Å². The molecule has 5 heteroatoms. The number of rotatable bonds is 6. The Morgan fingerprint density at radius 1 is 1.47 bits per heavy atom. The molecule has 106 valence electrons. The van der Waals surface area contributed by atoms with Crippen molar-refractivity contribution >= 4 is 28.9 Å². The minimum absolute atomic E-state index is 0.0744. The van der Waals surface area contributed by atoms with Crippen molar-refractivity contribution in [2.75, 3.05) is 24.1 Å². The molecule has 0 spiro atoms.